The first kappa shape index (κ1) is 16.0. The van der Waals surface area contributed by atoms with Crippen LogP contribution in [0.5, 0.6) is 0 Å². The minimum absolute atomic E-state index is 0.310. The zero-order valence-corrected chi connectivity index (χ0v) is 14.9. The van der Waals surface area contributed by atoms with Gasteiger partial charge in [-0.05, 0) is 70.9 Å². The molecule has 108 valence electrons. The number of aryl methyl sites for hydroxylation is 1. The Morgan fingerprint density at radius 1 is 1.35 bits per heavy atom. The second kappa shape index (κ2) is 7.60. The van der Waals surface area contributed by atoms with Crippen LogP contribution in [0.2, 0.25) is 5.02 Å². The predicted octanol–water partition coefficient (Wildman–Crippen LogP) is 5.76. The minimum atomic E-state index is 0.310. The van der Waals surface area contributed by atoms with E-state index in [9.17, 15) is 0 Å². The highest BCUT2D eigenvalue weighted by Gasteiger charge is 2.17. The van der Waals surface area contributed by atoms with Gasteiger partial charge in [0.25, 0.3) is 0 Å². The van der Waals surface area contributed by atoms with Gasteiger partial charge >= 0.3 is 0 Å². The summed E-state index contributed by atoms with van der Waals surface area (Å²) in [7, 11) is 0. The van der Waals surface area contributed by atoms with Crippen LogP contribution in [-0.4, -0.2) is 6.54 Å². The van der Waals surface area contributed by atoms with E-state index in [0.29, 0.717) is 6.04 Å². The molecule has 1 nitrogen and oxygen atoms in total. The number of nitrogens with one attached hydrogen (secondary N) is 1. The normalized spacial score (nSPS) is 12.6. The lowest BCUT2D eigenvalue weighted by Crippen LogP contribution is -2.23. The molecular formula is C16H19BrClNS. The number of benzene rings is 1. The summed E-state index contributed by atoms with van der Waals surface area (Å²) >= 11 is 11.8. The predicted molar refractivity (Wildman–Crippen MR) is 92.9 cm³/mol. The Hall–Kier alpha value is -0.350. The number of thiophene rings is 1. The van der Waals surface area contributed by atoms with Gasteiger partial charge in [0.05, 0.1) is 0 Å². The van der Waals surface area contributed by atoms with Crippen LogP contribution in [0, 0.1) is 6.92 Å². The van der Waals surface area contributed by atoms with Crippen molar-refractivity contribution in [2.75, 3.05) is 6.54 Å². The largest absolute Gasteiger partial charge is 0.309 e. The molecule has 0 saturated carbocycles. The highest BCUT2D eigenvalue weighted by molar-refractivity contribution is 9.10. The number of hydrogen-bond donors (Lipinski definition) is 1. The Bertz CT molecular complexity index is 567. The fraction of sp³-hybridized carbons (Fsp3) is 0.375. The topological polar surface area (TPSA) is 12.0 Å². The molecule has 1 unspecified atom stereocenters. The van der Waals surface area contributed by atoms with Gasteiger partial charge in [0, 0.05) is 20.4 Å². The lowest BCUT2D eigenvalue weighted by atomic mass is 10.0. The molecule has 0 fully saturated rings. The van der Waals surface area contributed by atoms with Crippen molar-refractivity contribution >= 4 is 38.9 Å². The average Bonchev–Trinajstić information content (AvgIpc) is 2.83. The van der Waals surface area contributed by atoms with E-state index >= 15 is 0 Å². The molecule has 20 heavy (non-hydrogen) atoms. The van der Waals surface area contributed by atoms with E-state index in [1.165, 1.54) is 20.5 Å². The summed E-state index contributed by atoms with van der Waals surface area (Å²) in [5.41, 5.74) is 2.40. The van der Waals surface area contributed by atoms with Gasteiger partial charge in [-0.2, -0.15) is 0 Å². The monoisotopic (exact) mass is 371 g/mol. The molecule has 1 aromatic carbocycles. The van der Waals surface area contributed by atoms with Crippen molar-refractivity contribution in [3.63, 3.8) is 0 Å². The van der Waals surface area contributed by atoms with Gasteiger partial charge in [-0.1, -0.05) is 30.7 Å². The van der Waals surface area contributed by atoms with Gasteiger partial charge in [0.2, 0.25) is 0 Å². The average molecular weight is 373 g/mol. The SMILES string of the molecule is CCCNC(Cc1ccc(C)cc1Cl)c1sccc1Br. The van der Waals surface area contributed by atoms with Crippen molar-refractivity contribution < 1.29 is 0 Å². The van der Waals surface area contributed by atoms with Crippen molar-refractivity contribution in [3.8, 4) is 0 Å². The maximum atomic E-state index is 6.37. The molecule has 0 aliphatic rings. The van der Waals surface area contributed by atoms with Gasteiger partial charge in [-0.15, -0.1) is 11.3 Å². The maximum Gasteiger partial charge on any atom is 0.0467 e. The summed E-state index contributed by atoms with van der Waals surface area (Å²) in [6, 6.07) is 8.72. The fourth-order valence-electron chi connectivity index (χ4n) is 2.17. The third-order valence-corrected chi connectivity index (χ3v) is 5.57. The highest BCUT2D eigenvalue weighted by atomic mass is 79.9. The molecule has 0 spiro atoms. The van der Waals surface area contributed by atoms with Crippen LogP contribution < -0.4 is 5.32 Å². The summed E-state index contributed by atoms with van der Waals surface area (Å²) in [6.07, 6.45) is 2.04. The number of hydrogen-bond acceptors (Lipinski definition) is 2. The first-order chi connectivity index (χ1) is 9.61. The van der Waals surface area contributed by atoms with Crippen molar-refractivity contribution in [2.45, 2.75) is 32.7 Å². The molecule has 0 aliphatic carbocycles. The third kappa shape index (κ3) is 4.08. The number of rotatable bonds is 6. The Morgan fingerprint density at radius 3 is 2.75 bits per heavy atom. The minimum Gasteiger partial charge on any atom is -0.309 e. The quantitative estimate of drug-likeness (QED) is 0.680. The van der Waals surface area contributed by atoms with Crippen molar-refractivity contribution in [3.05, 3.63) is 55.1 Å². The molecule has 0 radical (unpaired) electrons. The van der Waals surface area contributed by atoms with Crippen molar-refractivity contribution in [1.29, 1.82) is 0 Å². The zero-order chi connectivity index (χ0) is 14.5. The van der Waals surface area contributed by atoms with E-state index in [4.69, 9.17) is 11.6 Å². The van der Waals surface area contributed by atoms with E-state index in [1.807, 2.05) is 6.07 Å². The van der Waals surface area contributed by atoms with Crippen molar-refractivity contribution in [1.82, 2.24) is 5.32 Å². The van der Waals surface area contributed by atoms with E-state index in [-0.39, 0.29) is 0 Å². The molecule has 4 heteroatoms. The van der Waals surface area contributed by atoms with Crippen LogP contribution in [0.25, 0.3) is 0 Å². The smallest absolute Gasteiger partial charge is 0.0467 e. The first-order valence-electron chi connectivity index (χ1n) is 6.83. The molecule has 0 saturated heterocycles. The Kier molecular flexibility index (Phi) is 6.09. The lowest BCUT2D eigenvalue weighted by molar-refractivity contribution is 0.535. The van der Waals surface area contributed by atoms with Gasteiger partial charge < -0.3 is 5.32 Å². The van der Waals surface area contributed by atoms with Crippen LogP contribution in [0.4, 0.5) is 0 Å². The summed E-state index contributed by atoms with van der Waals surface area (Å²) in [4.78, 5) is 1.34. The second-order valence-electron chi connectivity index (χ2n) is 4.94. The first-order valence-corrected chi connectivity index (χ1v) is 8.88. The molecule has 0 amide bonds. The van der Waals surface area contributed by atoms with E-state index in [1.54, 1.807) is 11.3 Å². The summed E-state index contributed by atoms with van der Waals surface area (Å²) in [6.45, 7) is 5.27. The summed E-state index contributed by atoms with van der Waals surface area (Å²) in [5.74, 6) is 0. The molecule has 2 aromatic rings. The molecular weight excluding hydrogens is 354 g/mol. The summed E-state index contributed by atoms with van der Waals surface area (Å²) < 4.78 is 1.18. The summed E-state index contributed by atoms with van der Waals surface area (Å²) in [5, 5.41) is 6.61. The van der Waals surface area contributed by atoms with Crippen LogP contribution in [0.3, 0.4) is 0 Å². The molecule has 0 bridgehead atoms. The van der Waals surface area contributed by atoms with E-state index in [0.717, 1.165) is 24.4 Å². The standard InChI is InChI=1S/C16H19BrClNS/c1-3-7-19-15(16-13(17)6-8-20-16)10-12-5-4-11(2)9-14(12)18/h4-6,8-9,15,19H,3,7,10H2,1-2H3. The zero-order valence-electron chi connectivity index (χ0n) is 11.7. The van der Waals surface area contributed by atoms with Crippen LogP contribution in [0.1, 0.15) is 35.4 Å². The Balaban J connectivity index is 2.21. The molecule has 0 aliphatic heterocycles. The van der Waals surface area contributed by atoms with E-state index in [2.05, 4.69) is 58.7 Å². The van der Waals surface area contributed by atoms with E-state index < -0.39 is 0 Å². The molecule has 1 N–H and O–H groups in total. The number of halogens is 2. The Labute approximate surface area is 138 Å². The second-order valence-corrected chi connectivity index (χ2v) is 7.15. The molecule has 1 heterocycles. The highest BCUT2D eigenvalue weighted by Crippen LogP contribution is 2.32. The Morgan fingerprint density at radius 2 is 2.15 bits per heavy atom. The lowest BCUT2D eigenvalue weighted by Gasteiger charge is -2.19. The van der Waals surface area contributed by atoms with Crippen LogP contribution >= 0.6 is 38.9 Å². The van der Waals surface area contributed by atoms with Crippen LogP contribution in [0.15, 0.2) is 34.1 Å². The van der Waals surface area contributed by atoms with Gasteiger partial charge in [0.1, 0.15) is 0 Å². The maximum absolute atomic E-state index is 6.37. The molecule has 1 aromatic heterocycles. The van der Waals surface area contributed by atoms with Gasteiger partial charge in [-0.25, -0.2) is 0 Å². The third-order valence-electron chi connectivity index (χ3n) is 3.23. The molecule has 1 atom stereocenters. The molecule has 2 rings (SSSR count). The van der Waals surface area contributed by atoms with Gasteiger partial charge in [0.15, 0.2) is 0 Å². The van der Waals surface area contributed by atoms with Crippen molar-refractivity contribution in [2.24, 2.45) is 0 Å². The van der Waals surface area contributed by atoms with Gasteiger partial charge in [-0.3, -0.25) is 0 Å². The van der Waals surface area contributed by atoms with Crippen LogP contribution in [-0.2, 0) is 6.42 Å². The fourth-order valence-corrected chi connectivity index (χ4v) is 4.21.